The molecule has 3 heterocycles. The Bertz CT molecular complexity index is 636. The average Bonchev–Trinajstić information content (AvgIpc) is 3.04. The molecule has 1 fully saturated rings. The predicted molar refractivity (Wildman–Crippen MR) is 96.2 cm³/mol. The van der Waals surface area contributed by atoms with Crippen LogP contribution in [0.3, 0.4) is 0 Å². The van der Waals surface area contributed by atoms with E-state index in [-0.39, 0.29) is 24.2 Å². The van der Waals surface area contributed by atoms with Crippen molar-refractivity contribution < 1.29 is 4.79 Å². The first-order chi connectivity index (χ1) is 10.2. The highest BCUT2D eigenvalue weighted by atomic mass is 35.5. The normalized spacial score (nSPS) is 15.7. The SMILES string of the molecule is CCc1ccc(-c2csc(NC(=O)C(C)C3CNC3)n2)s1.Cl. The lowest BCUT2D eigenvalue weighted by atomic mass is 9.88. The molecule has 0 bridgehead atoms. The van der Waals surface area contributed by atoms with Crippen molar-refractivity contribution in [2.24, 2.45) is 11.8 Å². The zero-order valence-corrected chi connectivity index (χ0v) is 15.0. The van der Waals surface area contributed by atoms with Crippen molar-refractivity contribution in [2.45, 2.75) is 20.3 Å². The number of anilines is 1. The molecule has 7 heteroatoms. The van der Waals surface area contributed by atoms with Gasteiger partial charge in [-0.2, -0.15) is 0 Å². The summed E-state index contributed by atoms with van der Waals surface area (Å²) in [6.07, 6.45) is 1.05. The van der Waals surface area contributed by atoms with Crippen LogP contribution in [-0.4, -0.2) is 24.0 Å². The molecule has 0 aliphatic carbocycles. The Morgan fingerprint density at radius 1 is 1.50 bits per heavy atom. The maximum Gasteiger partial charge on any atom is 0.229 e. The van der Waals surface area contributed by atoms with E-state index in [4.69, 9.17) is 0 Å². The molecular formula is C15H20ClN3OS2. The minimum absolute atomic E-state index is 0. The summed E-state index contributed by atoms with van der Waals surface area (Å²) in [7, 11) is 0. The minimum Gasteiger partial charge on any atom is -0.316 e. The molecule has 1 amide bonds. The fourth-order valence-corrected chi connectivity index (χ4v) is 3.94. The molecule has 0 radical (unpaired) electrons. The van der Waals surface area contributed by atoms with E-state index in [1.807, 2.05) is 12.3 Å². The first-order valence-corrected chi connectivity index (χ1v) is 8.93. The Balaban J connectivity index is 0.00000176. The van der Waals surface area contributed by atoms with Crippen molar-refractivity contribution >= 4 is 46.1 Å². The Morgan fingerprint density at radius 3 is 2.86 bits per heavy atom. The van der Waals surface area contributed by atoms with E-state index in [0.29, 0.717) is 11.0 Å². The van der Waals surface area contributed by atoms with E-state index >= 15 is 0 Å². The van der Waals surface area contributed by atoms with Crippen molar-refractivity contribution in [3.8, 4) is 10.6 Å². The smallest absolute Gasteiger partial charge is 0.229 e. The largest absolute Gasteiger partial charge is 0.316 e. The molecule has 2 N–H and O–H groups in total. The fraction of sp³-hybridized carbons (Fsp3) is 0.467. The number of rotatable bonds is 5. The summed E-state index contributed by atoms with van der Waals surface area (Å²) in [6.45, 7) is 6.01. The standard InChI is InChI=1S/C15H19N3OS2.ClH/c1-3-11-4-5-13(21-11)12-8-20-15(17-12)18-14(19)9(2)10-6-16-7-10;/h4-5,8-10,16H,3,6-7H2,1-2H3,(H,17,18,19);1H. The van der Waals surface area contributed by atoms with Crippen molar-refractivity contribution in [1.29, 1.82) is 0 Å². The molecule has 2 aromatic rings. The highest BCUT2D eigenvalue weighted by Crippen LogP contribution is 2.31. The second-order valence-corrected chi connectivity index (χ2v) is 7.38. The molecule has 0 aromatic carbocycles. The lowest BCUT2D eigenvalue weighted by molar-refractivity contribution is -0.121. The molecule has 3 rings (SSSR count). The summed E-state index contributed by atoms with van der Waals surface area (Å²) < 4.78 is 0. The summed E-state index contributed by atoms with van der Waals surface area (Å²) in [5.74, 6) is 0.559. The van der Waals surface area contributed by atoms with Gasteiger partial charge in [0, 0.05) is 16.2 Å². The highest BCUT2D eigenvalue weighted by Gasteiger charge is 2.29. The van der Waals surface area contributed by atoms with E-state index in [0.717, 1.165) is 25.2 Å². The predicted octanol–water partition coefficient (Wildman–Crippen LogP) is 3.65. The number of thiazole rings is 1. The summed E-state index contributed by atoms with van der Waals surface area (Å²) in [5.41, 5.74) is 0.956. The third-order valence-electron chi connectivity index (χ3n) is 3.93. The van der Waals surface area contributed by atoms with Crippen LogP contribution in [0.4, 0.5) is 5.13 Å². The van der Waals surface area contributed by atoms with Gasteiger partial charge in [0.15, 0.2) is 5.13 Å². The molecule has 22 heavy (non-hydrogen) atoms. The van der Waals surface area contributed by atoms with Gasteiger partial charge >= 0.3 is 0 Å². The van der Waals surface area contributed by atoms with Gasteiger partial charge in [-0.25, -0.2) is 4.98 Å². The van der Waals surface area contributed by atoms with Crippen molar-refractivity contribution in [3.05, 3.63) is 22.4 Å². The van der Waals surface area contributed by atoms with Gasteiger partial charge in [0.25, 0.3) is 0 Å². The summed E-state index contributed by atoms with van der Waals surface area (Å²) in [5, 5.41) is 8.86. The molecule has 1 aliphatic rings. The van der Waals surface area contributed by atoms with Crippen LogP contribution in [0, 0.1) is 11.8 Å². The average molecular weight is 358 g/mol. The number of aromatic nitrogens is 1. The Hall–Kier alpha value is -0.950. The van der Waals surface area contributed by atoms with Crippen LogP contribution in [0.25, 0.3) is 10.6 Å². The van der Waals surface area contributed by atoms with E-state index in [1.165, 1.54) is 21.1 Å². The van der Waals surface area contributed by atoms with Crippen molar-refractivity contribution in [2.75, 3.05) is 18.4 Å². The summed E-state index contributed by atoms with van der Waals surface area (Å²) in [6, 6.07) is 4.25. The van der Waals surface area contributed by atoms with Gasteiger partial charge in [0.05, 0.1) is 10.6 Å². The first kappa shape index (κ1) is 17.4. The van der Waals surface area contributed by atoms with Gasteiger partial charge in [-0.05, 0) is 37.6 Å². The lowest BCUT2D eigenvalue weighted by Gasteiger charge is -2.31. The summed E-state index contributed by atoms with van der Waals surface area (Å²) >= 11 is 3.26. The van der Waals surface area contributed by atoms with Gasteiger partial charge in [0.2, 0.25) is 5.91 Å². The Labute approximate surface area is 144 Å². The zero-order valence-electron chi connectivity index (χ0n) is 12.6. The number of carbonyl (C=O) groups excluding carboxylic acids is 1. The van der Waals surface area contributed by atoms with E-state index in [9.17, 15) is 4.79 Å². The van der Waals surface area contributed by atoms with Crippen LogP contribution in [0.1, 0.15) is 18.7 Å². The monoisotopic (exact) mass is 357 g/mol. The van der Waals surface area contributed by atoms with Crippen LogP contribution < -0.4 is 10.6 Å². The maximum atomic E-state index is 12.2. The number of carbonyl (C=O) groups is 1. The van der Waals surface area contributed by atoms with Gasteiger partial charge in [-0.3, -0.25) is 4.79 Å². The number of amides is 1. The van der Waals surface area contributed by atoms with Gasteiger partial charge in [-0.15, -0.1) is 35.1 Å². The number of hydrogen-bond donors (Lipinski definition) is 2. The number of halogens is 1. The van der Waals surface area contributed by atoms with Crippen molar-refractivity contribution in [1.82, 2.24) is 10.3 Å². The van der Waals surface area contributed by atoms with Gasteiger partial charge < -0.3 is 10.6 Å². The van der Waals surface area contributed by atoms with Gasteiger partial charge in [0.1, 0.15) is 0 Å². The number of aryl methyl sites for hydroxylation is 1. The van der Waals surface area contributed by atoms with Crippen molar-refractivity contribution in [3.63, 3.8) is 0 Å². The first-order valence-electron chi connectivity index (χ1n) is 7.23. The van der Waals surface area contributed by atoms with E-state index < -0.39 is 0 Å². The van der Waals surface area contributed by atoms with Crippen LogP contribution in [0.2, 0.25) is 0 Å². The maximum absolute atomic E-state index is 12.2. The molecule has 0 spiro atoms. The second-order valence-electron chi connectivity index (χ2n) is 5.35. The third-order valence-corrected chi connectivity index (χ3v) is 5.94. The molecular weight excluding hydrogens is 338 g/mol. The Morgan fingerprint density at radius 2 is 2.27 bits per heavy atom. The van der Waals surface area contributed by atoms with Crippen LogP contribution >= 0.6 is 35.1 Å². The molecule has 1 saturated heterocycles. The third kappa shape index (κ3) is 3.68. The number of nitrogens with one attached hydrogen (secondary N) is 2. The van der Waals surface area contributed by atoms with Gasteiger partial charge in [-0.1, -0.05) is 13.8 Å². The van der Waals surface area contributed by atoms with Crippen LogP contribution in [0.5, 0.6) is 0 Å². The second kappa shape index (κ2) is 7.55. The number of nitrogens with zero attached hydrogens (tertiary/aromatic N) is 1. The minimum atomic E-state index is 0. The quantitative estimate of drug-likeness (QED) is 0.858. The molecule has 1 aliphatic heterocycles. The Kier molecular flexibility index (Phi) is 5.97. The fourth-order valence-electron chi connectivity index (χ4n) is 2.25. The van der Waals surface area contributed by atoms with Crippen LogP contribution in [0.15, 0.2) is 17.5 Å². The topological polar surface area (TPSA) is 54.0 Å². The van der Waals surface area contributed by atoms with E-state index in [1.54, 1.807) is 11.3 Å². The van der Waals surface area contributed by atoms with E-state index in [2.05, 4.69) is 34.7 Å². The number of thiophene rings is 1. The zero-order chi connectivity index (χ0) is 14.8. The van der Waals surface area contributed by atoms with Crippen LogP contribution in [-0.2, 0) is 11.2 Å². The molecule has 1 unspecified atom stereocenters. The molecule has 4 nitrogen and oxygen atoms in total. The molecule has 1 atom stereocenters. The lowest BCUT2D eigenvalue weighted by Crippen LogP contribution is -2.48. The number of hydrogen-bond acceptors (Lipinski definition) is 5. The molecule has 120 valence electrons. The summed E-state index contributed by atoms with van der Waals surface area (Å²) in [4.78, 5) is 19.2. The highest BCUT2D eigenvalue weighted by molar-refractivity contribution is 7.17. The molecule has 2 aromatic heterocycles. The molecule has 0 saturated carbocycles.